The van der Waals surface area contributed by atoms with Crippen LogP contribution in [-0.2, 0) is 0 Å². The van der Waals surface area contributed by atoms with Crippen LogP contribution in [0.1, 0.15) is 13.8 Å². The van der Waals surface area contributed by atoms with Crippen molar-refractivity contribution in [3.8, 4) is 5.88 Å². The zero-order valence-corrected chi connectivity index (χ0v) is 10.5. The van der Waals surface area contributed by atoms with Crippen molar-refractivity contribution in [2.45, 2.75) is 18.6 Å². The lowest BCUT2D eigenvalue weighted by Crippen LogP contribution is -2.25. The van der Waals surface area contributed by atoms with Gasteiger partial charge in [0.2, 0.25) is 5.88 Å². The van der Waals surface area contributed by atoms with Gasteiger partial charge in [0.05, 0.1) is 7.11 Å². The van der Waals surface area contributed by atoms with E-state index in [1.165, 1.54) is 0 Å². The van der Waals surface area contributed by atoms with Gasteiger partial charge in [0.1, 0.15) is 0 Å². The van der Waals surface area contributed by atoms with Crippen LogP contribution in [-0.4, -0.2) is 29.6 Å². The minimum atomic E-state index is 0.233. The van der Waals surface area contributed by atoms with Crippen LogP contribution < -0.4 is 10.1 Å². The smallest absolute Gasteiger partial charge is 0.214 e. The van der Waals surface area contributed by atoms with Crippen molar-refractivity contribution >= 4 is 17.4 Å². The second-order valence-electron chi connectivity index (χ2n) is 3.90. The maximum atomic E-state index is 5.06. The number of ether oxygens (including phenoxy) is 1. The van der Waals surface area contributed by atoms with Crippen LogP contribution in [0.5, 0.6) is 5.88 Å². The molecule has 0 aliphatic carbocycles. The molecule has 0 spiro atoms. The van der Waals surface area contributed by atoms with Gasteiger partial charge in [-0.1, -0.05) is 0 Å². The fraction of sp³-hybridized carbons (Fsp3) is 0.545. The third kappa shape index (κ3) is 4.00. The van der Waals surface area contributed by atoms with E-state index in [2.05, 4.69) is 30.4 Å². The van der Waals surface area contributed by atoms with Crippen LogP contribution in [0.25, 0.3) is 0 Å². The number of nitrogens with zero attached hydrogens (tertiary/aromatic N) is 1. The highest BCUT2D eigenvalue weighted by Crippen LogP contribution is 2.22. The molecule has 1 aromatic rings. The summed E-state index contributed by atoms with van der Waals surface area (Å²) in [4.78, 5) is 4.06. The van der Waals surface area contributed by atoms with Gasteiger partial charge in [-0.2, -0.15) is 11.8 Å². The van der Waals surface area contributed by atoms with Crippen molar-refractivity contribution in [3.05, 3.63) is 18.3 Å². The Morgan fingerprint density at radius 1 is 1.53 bits per heavy atom. The van der Waals surface area contributed by atoms with E-state index in [4.69, 9.17) is 4.74 Å². The van der Waals surface area contributed by atoms with Crippen LogP contribution in [0.4, 0.5) is 5.69 Å². The molecule has 1 aromatic heterocycles. The number of pyridine rings is 1. The third-order valence-corrected chi connectivity index (χ3v) is 3.46. The molecular weight excluding hydrogens is 208 g/mol. The Balaban J connectivity index is 2.57. The van der Waals surface area contributed by atoms with Crippen LogP contribution in [0.2, 0.25) is 0 Å². The lowest BCUT2D eigenvalue weighted by molar-refractivity contribution is 0.398. The van der Waals surface area contributed by atoms with E-state index in [-0.39, 0.29) is 4.75 Å². The maximum absolute atomic E-state index is 5.06. The quantitative estimate of drug-likeness (QED) is 0.837. The van der Waals surface area contributed by atoms with Crippen molar-refractivity contribution in [1.29, 1.82) is 0 Å². The first-order chi connectivity index (χ1) is 7.07. The second-order valence-corrected chi connectivity index (χ2v) is 5.42. The number of hydrogen-bond donors (Lipinski definition) is 1. The van der Waals surface area contributed by atoms with Gasteiger partial charge >= 0.3 is 0 Å². The summed E-state index contributed by atoms with van der Waals surface area (Å²) in [6.45, 7) is 5.34. The summed E-state index contributed by atoms with van der Waals surface area (Å²) in [5, 5.41) is 3.37. The zero-order chi connectivity index (χ0) is 11.3. The Labute approximate surface area is 95.6 Å². The molecule has 1 heterocycles. The number of thioether (sulfide) groups is 1. The van der Waals surface area contributed by atoms with E-state index in [0.29, 0.717) is 5.88 Å². The van der Waals surface area contributed by atoms with Crippen molar-refractivity contribution in [2.24, 2.45) is 0 Å². The molecule has 0 atom stereocenters. The highest BCUT2D eigenvalue weighted by Gasteiger charge is 2.15. The van der Waals surface area contributed by atoms with Gasteiger partial charge in [0.25, 0.3) is 0 Å². The van der Waals surface area contributed by atoms with Gasteiger partial charge in [-0.25, -0.2) is 4.98 Å². The van der Waals surface area contributed by atoms with E-state index in [9.17, 15) is 0 Å². The molecule has 0 unspecified atom stereocenters. The molecule has 84 valence electrons. The summed E-state index contributed by atoms with van der Waals surface area (Å²) in [5.41, 5.74) is 1.05. The number of methoxy groups -OCH3 is 1. The molecule has 0 radical (unpaired) electrons. The predicted molar refractivity (Wildman–Crippen MR) is 66.9 cm³/mol. The normalized spacial score (nSPS) is 11.2. The van der Waals surface area contributed by atoms with E-state index < -0.39 is 0 Å². The summed E-state index contributed by atoms with van der Waals surface area (Å²) in [7, 11) is 1.62. The zero-order valence-electron chi connectivity index (χ0n) is 9.70. The highest BCUT2D eigenvalue weighted by molar-refractivity contribution is 7.99. The molecule has 0 bridgehead atoms. The van der Waals surface area contributed by atoms with Crippen molar-refractivity contribution in [3.63, 3.8) is 0 Å². The van der Waals surface area contributed by atoms with Crippen LogP contribution in [0.3, 0.4) is 0 Å². The molecule has 1 rings (SSSR count). The molecule has 4 heteroatoms. The van der Waals surface area contributed by atoms with E-state index in [1.54, 1.807) is 13.3 Å². The molecule has 15 heavy (non-hydrogen) atoms. The SMILES string of the molecule is COc1cc(NCC(C)(C)SC)ccn1. The third-order valence-electron chi connectivity index (χ3n) is 2.21. The number of rotatable bonds is 5. The lowest BCUT2D eigenvalue weighted by atomic mass is 10.2. The average molecular weight is 226 g/mol. The number of anilines is 1. The van der Waals surface area contributed by atoms with Crippen LogP contribution in [0.15, 0.2) is 18.3 Å². The second kappa shape index (κ2) is 5.26. The largest absolute Gasteiger partial charge is 0.481 e. The summed E-state index contributed by atoms with van der Waals surface area (Å²) < 4.78 is 5.29. The molecule has 0 aliphatic heterocycles. The maximum Gasteiger partial charge on any atom is 0.214 e. The van der Waals surface area contributed by atoms with Crippen molar-refractivity contribution in [2.75, 3.05) is 25.2 Å². The van der Waals surface area contributed by atoms with Gasteiger partial charge in [0, 0.05) is 29.2 Å². The molecule has 0 aromatic carbocycles. The molecule has 0 saturated heterocycles. The monoisotopic (exact) mass is 226 g/mol. The van der Waals surface area contributed by atoms with Crippen molar-refractivity contribution in [1.82, 2.24) is 4.98 Å². The van der Waals surface area contributed by atoms with Crippen LogP contribution in [0, 0.1) is 0 Å². The van der Waals surface area contributed by atoms with E-state index in [1.807, 2.05) is 23.9 Å². The first-order valence-corrected chi connectivity index (χ1v) is 6.09. The summed E-state index contributed by atoms with van der Waals surface area (Å²) in [5.74, 6) is 0.641. The predicted octanol–water partition coefficient (Wildman–Crippen LogP) is 2.64. The Hall–Kier alpha value is -0.900. The number of nitrogens with one attached hydrogen (secondary N) is 1. The molecule has 0 amide bonds. The topological polar surface area (TPSA) is 34.1 Å². The minimum absolute atomic E-state index is 0.233. The highest BCUT2D eigenvalue weighted by atomic mass is 32.2. The Kier molecular flexibility index (Phi) is 4.27. The summed E-state index contributed by atoms with van der Waals surface area (Å²) in [6.07, 6.45) is 3.86. The van der Waals surface area contributed by atoms with Crippen LogP contribution >= 0.6 is 11.8 Å². The minimum Gasteiger partial charge on any atom is -0.481 e. The Morgan fingerprint density at radius 2 is 2.27 bits per heavy atom. The molecule has 1 N–H and O–H groups in total. The lowest BCUT2D eigenvalue weighted by Gasteiger charge is -2.22. The Morgan fingerprint density at radius 3 is 2.87 bits per heavy atom. The Bertz CT molecular complexity index is 315. The first-order valence-electron chi connectivity index (χ1n) is 4.86. The number of aromatic nitrogens is 1. The van der Waals surface area contributed by atoms with Gasteiger partial charge < -0.3 is 10.1 Å². The molecule has 0 saturated carbocycles. The molecular formula is C11H18N2OS. The van der Waals surface area contributed by atoms with Crippen molar-refractivity contribution < 1.29 is 4.74 Å². The standard InChI is InChI=1S/C11H18N2OS/c1-11(2,15-4)8-13-9-5-6-12-10(7-9)14-3/h5-7H,8H2,1-4H3,(H,12,13). The molecule has 0 fully saturated rings. The molecule has 0 aliphatic rings. The average Bonchev–Trinajstić information content (AvgIpc) is 2.27. The summed E-state index contributed by atoms with van der Waals surface area (Å²) in [6, 6.07) is 3.84. The fourth-order valence-corrected chi connectivity index (χ4v) is 1.23. The number of hydrogen-bond acceptors (Lipinski definition) is 4. The van der Waals surface area contributed by atoms with Gasteiger partial charge in [-0.3, -0.25) is 0 Å². The molecule has 3 nitrogen and oxygen atoms in total. The van der Waals surface area contributed by atoms with Gasteiger partial charge in [0.15, 0.2) is 0 Å². The van der Waals surface area contributed by atoms with E-state index in [0.717, 1.165) is 12.2 Å². The van der Waals surface area contributed by atoms with Gasteiger partial charge in [-0.15, -0.1) is 0 Å². The summed E-state index contributed by atoms with van der Waals surface area (Å²) >= 11 is 1.85. The fourth-order valence-electron chi connectivity index (χ4n) is 1.02. The van der Waals surface area contributed by atoms with Gasteiger partial charge in [-0.05, 0) is 26.2 Å². The first kappa shape index (κ1) is 12.2. The van der Waals surface area contributed by atoms with E-state index >= 15 is 0 Å².